The largest absolute Gasteiger partial charge is 0.324 e. The Morgan fingerprint density at radius 2 is 1.74 bits per heavy atom. The van der Waals surface area contributed by atoms with E-state index in [0.29, 0.717) is 11.3 Å². The maximum Gasteiger partial charge on any atom is 0.256 e. The molecule has 1 saturated heterocycles. The number of anilines is 1. The van der Waals surface area contributed by atoms with Gasteiger partial charge in [-0.2, -0.15) is 4.31 Å². The summed E-state index contributed by atoms with van der Waals surface area (Å²) in [7, 11) is -3.70. The number of nitrogens with zero attached hydrogens (tertiary/aromatic N) is 2. The molecule has 3 aromatic rings. The van der Waals surface area contributed by atoms with Crippen LogP contribution in [0.5, 0.6) is 0 Å². The Morgan fingerprint density at radius 1 is 0.935 bits per heavy atom. The van der Waals surface area contributed by atoms with Crippen molar-refractivity contribution in [3.05, 3.63) is 71.6 Å². The summed E-state index contributed by atoms with van der Waals surface area (Å²) in [6.45, 7) is 0.220. The normalized spacial score (nSPS) is 19.4. The number of thiophene rings is 1. The number of piperazine rings is 1. The fraction of sp³-hybridized carbons (Fsp3) is 0.182. The number of nitrogens with one attached hydrogen (secondary N) is 1. The molecule has 2 aliphatic heterocycles. The number of rotatable bonds is 3. The van der Waals surface area contributed by atoms with Gasteiger partial charge in [0.2, 0.25) is 5.91 Å². The quantitative estimate of drug-likeness (QED) is 0.661. The molecule has 0 saturated carbocycles. The molecule has 3 heterocycles. The SMILES string of the molecule is O=C1Nc2ccc(-c3ccccc3)cc2C(=O)N2CCN(S(=O)(=O)c3cccs3)CC12. The van der Waals surface area contributed by atoms with Crippen molar-refractivity contribution in [3.63, 3.8) is 0 Å². The molecule has 0 radical (unpaired) electrons. The van der Waals surface area contributed by atoms with Crippen LogP contribution < -0.4 is 5.32 Å². The van der Waals surface area contributed by atoms with E-state index in [1.807, 2.05) is 36.4 Å². The molecule has 0 bridgehead atoms. The van der Waals surface area contributed by atoms with Crippen molar-refractivity contribution < 1.29 is 18.0 Å². The third kappa shape index (κ3) is 3.44. The maximum absolute atomic E-state index is 13.4. The van der Waals surface area contributed by atoms with Crippen molar-refractivity contribution in [2.75, 3.05) is 25.0 Å². The van der Waals surface area contributed by atoms with Crippen molar-refractivity contribution in [2.24, 2.45) is 0 Å². The van der Waals surface area contributed by atoms with Crippen LogP contribution in [0.2, 0.25) is 0 Å². The summed E-state index contributed by atoms with van der Waals surface area (Å²) in [5.41, 5.74) is 2.69. The molecule has 1 N–H and O–H groups in total. The first-order chi connectivity index (χ1) is 14.9. The highest BCUT2D eigenvalue weighted by Gasteiger charge is 2.42. The first-order valence-corrected chi connectivity index (χ1v) is 12.1. The van der Waals surface area contributed by atoms with Crippen LogP contribution in [0.25, 0.3) is 11.1 Å². The van der Waals surface area contributed by atoms with E-state index in [9.17, 15) is 18.0 Å². The van der Waals surface area contributed by atoms with Crippen LogP contribution in [-0.4, -0.2) is 55.1 Å². The average molecular weight is 454 g/mol. The van der Waals surface area contributed by atoms with Crippen LogP contribution in [0.1, 0.15) is 10.4 Å². The molecule has 2 amide bonds. The predicted octanol–water partition coefficient (Wildman–Crippen LogP) is 2.88. The van der Waals surface area contributed by atoms with Gasteiger partial charge in [0.1, 0.15) is 10.3 Å². The minimum Gasteiger partial charge on any atom is -0.324 e. The highest BCUT2D eigenvalue weighted by Crippen LogP contribution is 2.31. The van der Waals surface area contributed by atoms with Crippen molar-refractivity contribution >= 4 is 38.9 Å². The average Bonchev–Trinajstić information content (AvgIpc) is 3.32. The molecule has 0 aliphatic carbocycles. The summed E-state index contributed by atoms with van der Waals surface area (Å²) in [4.78, 5) is 27.8. The Kier molecular flexibility index (Phi) is 4.88. The van der Waals surface area contributed by atoms with Gasteiger partial charge in [0.15, 0.2) is 0 Å². The number of carbonyl (C=O) groups is 2. The number of hydrogen-bond donors (Lipinski definition) is 1. The molecule has 1 atom stereocenters. The van der Waals surface area contributed by atoms with Crippen LogP contribution in [0.15, 0.2) is 70.3 Å². The van der Waals surface area contributed by atoms with Gasteiger partial charge in [-0.25, -0.2) is 8.42 Å². The van der Waals surface area contributed by atoms with E-state index in [0.717, 1.165) is 22.5 Å². The van der Waals surface area contributed by atoms with E-state index in [1.165, 1.54) is 9.21 Å². The van der Waals surface area contributed by atoms with Gasteiger partial charge in [-0.1, -0.05) is 42.5 Å². The maximum atomic E-state index is 13.4. The van der Waals surface area contributed by atoms with E-state index in [-0.39, 0.29) is 35.7 Å². The summed E-state index contributed by atoms with van der Waals surface area (Å²) in [6, 6.07) is 17.4. The van der Waals surface area contributed by atoms with Gasteiger partial charge in [-0.15, -0.1) is 11.3 Å². The molecule has 2 aromatic carbocycles. The van der Waals surface area contributed by atoms with Crippen LogP contribution in [0.4, 0.5) is 5.69 Å². The van der Waals surface area contributed by atoms with Gasteiger partial charge in [-0.3, -0.25) is 9.59 Å². The van der Waals surface area contributed by atoms with Crippen LogP contribution in [-0.2, 0) is 14.8 Å². The topological polar surface area (TPSA) is 86.8 Å². The number of hydrogen-bond acceptors (Lipinski definition) is 5. The van der Waals surface area contributed by atoms with E-state index >= 15 is 0 Å². The van der Waals surface area contributed by atoms with E-state index in [1.54, 1.807) is 29.6 Å². The predicted molar refractivity (Wildman–Crippen MR) is 118 cm³/mol. The molecule has 158 valence electrons. The van der Waals surface area contributed by atoms with Crippen LogP contribution in [0, 0.1) is 0 Å². The Balaban J connectivity index is 1.47. The minimum absolute atomic E-state index is 0.0721. The van der Waals surface area contributed by atoms with Crippen LogP contribution in [0.3, 0.4) is 0 Å². The molecular formula is C22H19N3O4S2. The standard InChI is InChI=1S/C22H19N3O4S2/c26-21-19-14-24(31(28,29)20-7-4-12-30-20)10-11-25(19)22(27)17-13-16(8-9-18(17)23-21)15-5-2-1-3-6-15/h1-9,12-13,19H,10-11,14H2,(H,23,26). The second-order valence-corrected chi connectivity index (χ2v) is 10.5. The number of sulfonamides is 1. The lowest BCUT2D eigenvalue weighted by Crippen LogP contribution is -2.59. The molecule has 1 aromatic heterocycles. The molecule has 2 aliphatic rings. The Labute approximate surface area is 184 Å². The van der Waals surface area contributed by atoms with Crippen molar-refractivity contribution in [1.29, 1.82) is 0 Å². The number of benzene rings is 2. The van der Waals surface area contributed by atoms with Gasteiger partial charge in [0, 0.05) is 19.6 Å². The first kappa shape index (κ1) is 19.9. The Bertz CT molecular complexity index is 1260. The van der Waals surface area contributed by atoms with Crippen molar-refractivity contribution in [1.82, 2.24) is 9.21 Å². The molecule has 1 unspecified atom stereocenters. The van der Waals surface area contributed by atoms with Gasteiger partial charge in [-0.05, 0) is 34.7 Å². The zero-order valence-electron chi connectivity index (χ0n) is 16.4. The van der Waals surface area contributed by atoms with Crippen LogP contribution >= 0.6 is 11.3 Å². The molecule has 5 rings (SSSR count). The highest BCUT2D eigenvalue weighted by molar-refractivity contribution is 7.91. The molecule has 1 fully saturated rings. The number of carbonyl (C=O) groups excluding carboxylic acids is 2. The lowest BCUT2D eigenvalue weighted by Gasteiger charge is -2.38. The monoisotopic (exact) mass is 453 g/mol. The van der Waals surface area contributed by atoms with E-state index in [2.05, 4.69) is 5.32 Å². The molecule has 7 nitrogen and oxygen atoms in total. The Morgan fingerprint density at radius 3 is 2.48 bits per heavy atom. The zero-order chi connectivity index (χ0) is 21.6. The second kappa shape index (κ2) is 7.60. The number of amides is 2. The summed E-state index contributed by atoms with van der Waals surface area (Å²) in [5, 5.41) is 4.52. The Hall–Kier alpha value is -3.01. The summed E-state index contributed by atoms with van der Waals surface area (Å²) >= 11 is 1.14. The first-order valence-electron chi connectivity index (χ1n) is 9.80. The third-order valence-corrected chi connectivity index (χ3v) is 8.85. The highest BCUT2D eigenvalue weighted by atomic mass is 32.2. The molecule has 31 heavy (non-hydrogen) atoms. The van der Waals surface area contributed by atoms with E-state index < -0.39 is 16.1 Å². The minimum atomic E-state index is -3.70. The molecule has 9 heteroatoms. The van der Waals surface area contributed by atoms with E-state index in [4.69, 9.17) is 0 Å². The van der Waals surface area contributed by atoms with Gasteiger partial charge in [0.05, 0.1) is 11.3 Å². The lowest BCUT2D eigenvalue weighted by atomic mass is 10.0. The lowest BCUT2D eigenvalue weighted by molar-refractivity contribution is -0.121. The van der Waals surface area contributed by atoms with Crippen molar-refractivity contribution in [2.45, 2.75) is 10.3 Å². The molecular weight excluding hydrogens is 434 g/mol. The van der Waals surface area contributed by atoms with Crippen molar-refractivity contribution in [3.8, 4) is 11.1 Å². The summed E-state index contributed by atoms with van der Waals surface area (Å²) in [6.07, 6.45) is 0. The second-order valence-electron chi connectivity index (χ2n) is 7.43. The van der Waals surface area contributed by atoms with Gasteiger partial charge in [0.25, 0.3) is 15.9 Å². The summed E-state index contributed by atoms with van der Waals surface area (Å²) in [5.74, 6) is -0.657. The third-order valence-electron chi connectivity index (χ3n) is 5.61. The number of fused-ring (bicyclic) bond motifs is 2. The fourth-order valence-electron chi connectivity index (χ4n) is 3.99. The summed E-state index contributed by atoms with van der Waals surface area (Å²) < 4.78 is 27.4. The zero-order valence-corrected chi connectivity index (χ0v) is 18.0. The fourth-order valence-corrected chi connectivity index (χ4v) is 6.57. The van der Waals surface area contributed by atoms with Gasteiger partial charge < -0.3 is 10.2 Å². The molecule has 0 spiro atoms. The smallest absolute Gasteiger partial charge is 0.256 e. The van der Waals surface area contributed by atoms with Gasteiger partial charge >= 0.3 is 0 Å².